The molecule has 0 spiro atoms. The molecule has 0 aliphatic heterocycles. The molecule has 3 heterocycles. The van der Waals surface area contributed by atoms with Crippen LogP contribution in [0.1, 0.15) is 19.8 Å². The average Bonchev–Trinajstić information content (AvgIpc) is 3.00. The molecule has 0 aliphatic rings. The average molecular weight is 351 g/mol. The first-order valence-corrected chi connectivity index (χ1v) is 8.51. The molecule has 3 aromatic heterocycles. The van der Waals surface area contributed by atoms with Crippen LogP contribution in [0.2, 0.25) is 0 Å². The summed E-state index contributed by atoms with van der Waals surface area (Å²) in [5, 5.41) is 0.844. The number of aryl methyl sites for hydroxylation is 1. The smallest absolute Gasteiger partial charge is 0.275 e. The normalized spacial score (nSPS) is 11.5. The van der Waals surface area contributed by atoms with Crippen LogP contribution in [0.4, 0.5) is 10.1 Å². The number of rotatable bonds is 4. The summed E-state index contributed by atoms with van der Waals surface area (Å²) in [5.74, 6) is -0.560. The SMILES string of the molecule is CCCCn1cc(-c2nc3cc(F)c(N)cc3[nH]c2=O)c2cccnc21. The number of aromatic amines is 1. The number of aromatic nitrogens is 4. The number of fused-ring (bicyclic) bond motifs is 2. The first kappa shape index (κ1) is 16.3. The number of unbranched alkanes of at least 4 members (excludes halogenated alkanes) is 1. The minimum atomic E-state index is -0.560. The standard InChI is InChI=1S/C19H18FN5O/c1-2-3-7-25-10-12(11-5-4-6-22-18(11)25)17-19(26)24-16-9-14(21)13(20)8-15(16)23-17/h4-6,8-10H,2-3,7,21H2,1H3,(H,24,26). The number of nitrogens with one attached hydrogen (secondary N) is 1. The van der Waals surface area contributed by atoms with Crippen molar-refractivity contribution in [1.29, 1.82) is 0 Å². The number of hydrogen-bond donors (Lipinski definition) is 2. The van der Waals surface area contributed by atoms with E-state index in [4.69, 9.17) is 5.73 Å². The van der Waals surface area contributed by atoms with E-state index in [0.29, 0.717) is 16.6 Å². The van der Waals surface area contributed by atoms with Gasteiger partial charge in [-0.25, -0.2) is 14.4 Å². The molecule has 0 bridgehead atoms. The van der Waals surface area contributed by atoms with E-state index >= 15 is 0 Å². The van der Waals surface area contributed by atoms with Crippen LogP contribution >= 0.6 is 0 Å². The van der Waals surface area contributed by atoms with Crippen molar-refractivity contribution in [2.45, 2.75) is 26.3 Å². The maximum absolute atomic E-state index is 13.8. The van der Waals surface area contributed by atoms with E-state index in [-0.39, 0.29) is 16.9 Å². The number of hydrogen-bond acceptors (Lipinski definition) is 4. The Hall–Kier alpha value is -3.22. The van der Waals surface area contributed by atoms with Crippen molar-refractivity contribution < 1.29 is 4.39 Å². The highest BCUT2D eigenvalue weighted by molar-refractivity contribution is 5.94. The first-order chi connectivity index (χ1) is 12.6. The molecule has 1 aromatic carbocycles. The molecule has 3 N–H and O–H groups in total. The van der Waals surface area contributed by atoms with Gasteiger partial charge >= 0.3 is 0 Å². The molecule has 0 aliphatic carbocycles. The van der Waals surface area contributed by atoms with Gasteiger partial charge in [0, 0.05) is 36.0 Å². The zero-order valence-corrected chi connectivity index (χ0v) is 14.3. The second kappa shape index (κ2) is 6.25. The first-order valence-electron chi connectivity index (χ1n) is 8.51. The zero-order valence-electron chi connectivity index (χ0n) is 14.3. The highest BCUT2D eigenvalue weighted by atomic mass is 19.1. The third-order valence-electron chi connectivity index (χ3n) is 4.45. The Morgan fingerprint density at radius 3 is 3.00 bits per heavy atom. The second-order valence-corrected chi connectivity index (χ2v) is 6.27. The molecule has 6 nitrogen and oxygen atoms in total. The predicted molar refractivity (Wildman–Crippen MR) is 100 cm³/mol. The lowest BCUT2D eigenvalue weighted by atomic mass is 10.1. The zero-order chi connectivity index (χ0) is 18.3. The number of benzene rings is 1. The number of H-pyrrole nitrogens is 1. The largest absolute Gasteiger partial charge is 0.396 e. The Balaban J connectivity index is 1.96. The van der Waals surface area contributed by atoms with Crippen molar-refractivity contribution in [3.05, 3.63) is 52.8 Å². The molecule has 132 valence electrons. The quantitative estimate of drug-likeness (QED) is 0.551. The summed E-state index contributed by atoms with van der Waals surface area (Å²) >= 11 is 0. The fraction of sp³-hybridized carbons (Fsp3) is 0.211. The highest BCUT2D eigenvalue weighted by Gasteiger charge is 2.16. The van der Waals surface area contributed by atoms with Gasteiger partial charge in [-0.2, -0.15) is 0 Å². The predicted octanol–water partition coefficient (Wildman–Crippen LogP) is 3.46. The fourth-order valence-electron chi connectivity index (χ4n) is 3.12. The topological polar surface area (TPSA) is 89.6 Å². The minimum absolute atomic E-state index is 0.0249. The van der Waals surface area contributed by atoms with E-state index in [1.165, 1.54) is 12.1 Å². The summed E-state index contributed by atoms with van der Waals surface area (Å²) in [7, 11) is 0. The molecule has 0 saturated heterocycles. The van der Waals surface area contributed by atoms with Crippen LogP contribution < -0.4 is 11.3 Å². The third kappa shape index (κ3) is 2.61. The number of nitrogen functional groups attached to an aromatic ring is 1. The molecule has 0 atom stereocenters. The van der Waals surface area contributed by atoms with Crippen molar-refractivity contribution in [2.75, 3.05) is 5.73 Å². The monoisotopic (exact) mass is 351 g/mol. The molecule has 4 rings (SSSR count). The number of halogens is 1. The lowest BCUT2D eigenvalue weighted by molar-refractivity contribution is 0.634. The van der Waals surface area contributed by atoms with Gasteiger partial charge in [-0.15, -0.1) is 0 Å². The van der Waals surface area contributed by atoms with Gasteiger partial charge in [0.15, 0.2) is 0 Å². The van der Waals surface area contributed by atoms with Crippen LogP contribution in [-0.2, 0) is 6.54 Å². The summed E-state index contributed by atoms with van der Waals surface area (Å²) in [5.41, 5.74) is 7.70. The Bertz CT molecular complexity index is 1180. The van der Waals surface area contributed by atoms with Crippen molar-refractivity contribution in [1.82, 2.24) is 19.5 Å². The summed E-state index contributed by atoms with van der Waals surface area (Å²) in [4.78, 5) is 24.2. The molecule has 7 heteroatoms. The number of anilines is 1. The summed E-state index contributed by atoms with van der Waals surface area (Å²) < 4.78 is 15.8. The van der Waals surface area contributed by atoms with E-state index in [1.54, 1.807) is 6.20 Å². The van der Waals surface area contributed by atoms with Gasteiger partial charge < -0.3 is 15.3 Å². The summed E-state index contributed by atoms with van der Waals surface area (Å²) in [6.07, 6.45) is 5.68. The van der Waals surface area contributed by atoms with E-state index in [9.17, 15) is 9.18 Å². The van der Waals surface area contributed by atoms with Gasteiger partial charge in [-0.1, -0.05) is 13.3 Å². The minimum Gasteiger partial charge on any atom is -0.396 e. The van der Waals surface area contributed by atoms with Crippen molar-refractivity contribution >= 4 is 27.8 Å². The lowest BCUT2D eigenvalue weighted by Gasteiger charge is -2.04. The molecule has 26 heavy (non-hydrogen) atoms. The molecule has 4 aromatic rings. The van der Waals surface area contributed by atoms with Crippen LogP contribution in [0.25, 0.3) is 33.3 Å². The van der Waals surface area contributed by atoms with Crippen molar-refractivity contribution in [2.24, 2.45) is 0 Å². The Kier molecular flexibility index (Phi) is 3.91. The summed E-state index contributed by atoms with van der Waals surface area (Å²) in [6, 6.07) is 6.36. The number of pyridine rings is 1. The Morgan fingerprint density at radius 1 is 1.35 bits per heavy atom. The van der Waals surface area contributed by atoms with E-state index in [1.807, 2.05) is 22.9 Å². The van der Waals surface area contributed by atoms with Gasteiger partial charge in [-0.05, 0) is 24.6 Å². The maximum atomic E-state index is 13.8. The van der Waals surface area contributed by atoms with Crippen LogP contribution in [0, 0.1) is 5.82 Å². The van der Waals surface area contributed by atoms with Gasteiger partial charge in [0.1, 0.15) is 17.2 Å². The second-order valence-electron chi connectivity index (χ2n) is 6.27. The van der Waals surface area contributed by atoms with E-state index < -0.39 is 5.82 Å². The Morgan fingerprint density at radius 2 is 2.19 bits per heavy atom. The molecular formula is C19H18FN5O. The summed E-state index contributed by atoms with van der Waals surface area (Å²) in [6.45, 7) is 2.93. The van der Waals surface area contributed by atoms with Crippen LogP contribution in [-0.4, -0.2) is 19.5 Å². The molecule has 0 saturated carbocycles. The molecule has 0 fully saturated rings. The van der Waals surface area contributed by atoms with Crippen LogP contribution in [0.3, 0.4) is 0 Å². The van der Waals surface area contributed by atoms with Gasteiger partial charge in [-0.3, -0.25) is 4.79 Å². The van der Waals surface area contributed by atoms with Gasteiger partial charge in [0.2, 0.25) is 0 Å². The van der Waals surface area contributed by atoms with Gasteiger partial charge in [0.05, 0.1) is 16.7 Å². The maximum Gasteiger partial charge on any atom is 0.275 e. The molecule has 0 amide bonds. The van der Waals surface area contributed by atoms with E-state index in [2.05, 4.69) is 21.9 Å². The van der Waals surface area contributed by atoms with Gasteiger partial charge in [0.25, 0.3) is 5.56 Å². The van der Waals surface area contributed by atoms with Crippen LogP contribution in [0.15, 0.2) is 41.5 Å². The Labute approximate surface area is 148 Å². The van der Waals surface area contributed by atoms with Crippen molar-refractivity contribution in [3.63, 3.8) is 0 Å². The molecular weight excluding hydrogens is 333 g/mol. The fourth-order valence-corrected chi connectivity index (χ4v) is 3.12. The van der Waals surface area contributed by atoms with Crippen LogP contribution in [0.5, 0.6) is 0 Å². The third-order valence-corrected chi connectivity index (χ3v) is 4.45. The van der Waals surface area contributed by atoms with E-state index in [0.717, 1.165) is 30.4 Å². The molecule has 0 radical (unpaired) electrons. The molecule has 0 unspecified atom stereocenters. The number of nitrogens with two attached hydrogens (primary N) is 1. The highest BCUT2D eigenvalue weighted by Crippen LogP contribution is 2.28. The van der Waals surface area contributed by atoms with Crippen molar-refractivity contribution in [3.8, 4) is 11.3 Å². The lowest BCUT2D eigenvalue weighted by Crippen LogP contribution is -2.12. The number of nitrogens with zero attached hydrogens (tertiary/aromatic N) is 3.